The molecule has 1 N–H and O–H groups in total. The maximum absolute atomic E-state index is 12.6. The Labute approximate surface area is 171 Å². The van der Waals surface area contributed by atoms with E-state index in [9.17, 15) is 14.4 Å². The van der Waals surface area contributed by atoms with Gasteiger partial charge in [-0.15, -0.1) is 0 Å². The Balaban J connectivity index is 2.02. The number of rotatable bonds is 8. The van der Waals surface area contributed by atoms with Crippen LogP contribution in [0.5, 0.6) is 0 Å². The summed E-state index contributed by atoms with van der Waals surface area (Å²) < 4.78 is 6.82. The van der Waals surface area contributed by atoms with Crippen molar-refractivity contribution < 1.29 is 19.1 Å². The number of hydrogen-bond donors (Lipinski definition) is 1. The predicted octanol–water partition coefficient (Wildman–Crippen LogP) is 2.94. The summed E-state index contributed by atoms with van der Waals surface area (Å²) in [4.78, 5) is 38.4. The monoisotopic (exact) mass is 399 g/mol. The van der Waals surface area contributed by atoms with Gasteiger partial charge in [0.25, 0.3) is 0 Å². The molecule has 0 radical (unpaired) electrons. The normalized spacial score (nSPS) is 10.5. The highest BCUT2D eigenvalue weighted by molar-refractivity contribution is 5.95. The summed E-state index contributed by atoms with van der Waals surface area (Å²) in [6.45, 7) is 7.67. The number of anilines is 1. The van der Waals surface area contributed by atoms with Gasteiger partial charge >= 0.3 is 5.97 Å². The first kappa shape index (κ1) is 22.2. The first-order chi connectivity index (χ1) is 13.8. The molecule has 7 nitrogen and oxygen atoms in total. The Hall–Kier alpha value is -3.09. The molecule has 156 valence electrons. The van der Waals surface area contributed by atoms with E-state index in [2.05, 4.69) is 5.32 Å². The summed E-state index contributed by atoms with van der Waals surface area (Å²) in [5.41, 5.74) is 3.71. The van der Waals surface area contributed by atoms with Crippen LogP contribution in [0.1, 0.15) is 41.2 Å². The van der Waals surface area contributed by atoms with E-state index in [0.29, 0.717) is 17.9 Å². The molecule has 7 heteroatoms. The number of carbonyl (C=O) groups excluding carboxylic acids is 3. The molecule has 1 aromatic carbocycles. The van der Waals surface area contributed by atoms with Gasteiger partial charge in [0.2, 0.25) is 11.8 Å². The lowest BCUT2D eigenvalue weighted by molar-refractivity contribution is -0.133. The number of nitrogens with one attached hydrogen (secondary N) is 1. The first-order valence-corrected chi connectivity index (χ1v) is 9.74. The summed E-state index contributed by atoms with van der Waals surface area (Å²) in [6, 6.07) is 9.32. The van der Waals surface area contributed by atoms with Crippen LogP contribution in [0.3, 0.4) is 0 Å². The molecule has 0 saturated heterocycles. The maximum Gasteiger partial charge on any atom is 0.339 e. The lowest BCUT2D eigenvalue weighted by Gasteiger charge is -2.19. The maximum atomic E-state index is 12.6. The fourth-order valence-electron chi connectivity index (χ4n) is 3.16. The van der Waals surface area contributed by atoms with Crippen molar-refractivity contribution >= 4 is 23.5 Å². The number of hydrogen-bond acceptors (Lipinski definition) is 4. The van der Waals surface area contributed by atoms with Crippen LogP contribution >= 0.6 is 0 Å². The molecule has 0 unspecified atom stereocenters. The van der Waals surface area contributed by atoms with Gasteiger partial charge in [0, 0.05) is 24.1 Å². The molecule has 0 bridgehead atoms. The highest BCUT2D eigenvalue weighted by Gasteiger charge is 2.20. The van der Waals surface area contributed by atoms with Gasteiger partial charge in [-0.05, 0) is 44.9 Å². The van der Waals surface area contributed by atoms with Crippen molar-refractivity contribution in [2.75, 3.05) is 25.5 Å². The molecule has 0 aliphatic heterocycles. The van der Waals surface area contributed by atoms with Crippen LogP contribution in [0.2, 0.25) is 0 Å². The van der Waals surface area contributed by atoms with E-state index >= 15 is 0 Å². The van der Waals surface area contributed by atoms with Crippen molar-refractivity contribution in [3.05, 3.63) is 52.8 Å². The Morgan fingerprint density at radius 2 is 1.83 bits per heavy atom. The Morgan fingerprint density at radius 3 is 2.48 bits per heavy atom. The van der Waals surface area contributed by atoms with Gasteiger partial charge in [-0.3, -0.25) is 9.59 Å². The quantitative estimate of drug-likeness (QED) is 0.692. The van der Waals surface area contributed by atoms with Crippen LogP contribution in [-0.4, -0.2) is 47.4 Å². The van der Waals surface area contributed by atoms with E-state index in [1.54, 1.807) is 31.5 Å². The second-order valence-electron chi connectivity index (χ2n) is 6.90. The Bertz CT molecular complexity index is 901. The topological polar surface area (TPSA) is 80.6 Å². The minimum absolute atomic E-state index is 0.0480. The molecule has 0 saturated carbocycles. The lowest BCUT2D eigenvalue weighted by atomic mass is 10.1. The SMILES string of the molecule is CCOC(=O)c1cc(C)n(CC(=O)N(C)CC(=O)Nc2ccccc2CC)c1C. The summed E-state index contributed by atoms with van der Waals surface area (Å²) in [6.07, 6.45) is 0.806. The van der Waals surface area contributed by atoms with Crippen LogP contribution in [0.15, 0.2) is 30.3 Å². The van der Waals surface area contributed by atoms with Gasteiger partial charge in [-0.1, -0.05) is 25.1 Å². The van der Waals surface area contributed by atoms with Crippen molar-refractivity contribution in [1.29, 1.82) is 0 Å². The molecule has 0 fully saturated rings. The largest absolute Gasteiger partial charge is 0.462 e. The molecule has 1 aromatic heterocycles. The number of benzene rings is 1. The van der Waals surface area contributed by atoms with E-state index in [0.717, 1.165) is 23.4 Å². The number of aryl methyl sites for hydroxylation is 2. The summed E-state index contributed by atoms with van der Waals surface area (Å²) in [5.74, 6) is -0.877. The smallest absolute Gasteiger partial charge is 0.339 e. The highest BCUT2D eigenvalue weighted by atomic mass is 16.5. The van der Waals surface area contributed by atoms with E-state index in [-0.39, 0.29) is 24.9 Å². The molecule has 2 amide bonds. The van der Waals surface area contributed by atoms with Crippen molar-refractivity contribution in [2.45, 2.75) is 40.7 Å². The molecule has 2 aromatic rings. The predicted molar refractivity (Wildman–Crippen MR) is 112 cm³/mol. The molecular weight excluding hydrogens is 370 g/mol. The third-order valence-electron chi connectivity index (χ3n) is 4.84. The number of aromatic nitrogens is 1. The van der Waals surface area contributed by atoms with Gasteiger partial charge in [-0.25, -0.2) is 4.79 Å². The van der Waals surface area contributed by atoms with Gasteiger partial charge in [0.1, 0.15) is 6.54 Å². The van der Waals surface area contributed by atoms with E-state index in [1.807, 2.05) is 38.1 Å². The van der Waals surface area contributed by atoms with Crippen LogP contribution in [-0.2, 0) is 27.3 Å². The van der Waals surface area contributed by atoms with Crippen LogP contribution in [0, 0.1) is 13.8 Å². The van der Waals surface area contributed by atoms with Crippen LogP contribution in [0.25, 0.3) is 0 Å². The standard InChI is InChI=1S/C22H29N3O4/c1-6-17-10-8-9-11-19(17)23-20(26)13-24(5)21(27)14-25-15(3)12-18(16(25)4)22(28)29-7-2/h8-12H,6-7,13-14H2,1-5H3,(H,23,26). The third-order valence-corrected chi connectivity index (χ3v) is 4.84. The van der Waals surface area contributed by atoms with E-state index in [4.69, 9.17) is 4.74 Å². The van der Waals surface area contributed by atoms with Gasteiger partial charge in [-0.2, -0.15) is 0 Å². The average Bonchev–Trinajstić information content (AvgIpc) is 2.96. The number of amides is 2. The molecule has 0 atom stereocenters. The van der Waals surface area contributed by atoms with Crippen molar-refractivity contribution in [1.82, 2.24) is 9.47 Å². The van der Waals surface area contributed by atoms with Crippen LogP contribution < -0.4 is 5.32 Å². The number of esters is 1. The highest BCUT2D eigenvalue weighted by Crippen LogP contribution is 2.17. The van der Waals surface area contributed by atoms with Gasteiger partial charge in [0.15, 0.2) is 0 Å². The molecular formula is C22H29N3O4. The van der Waals surface area contributed by atoms with Crippen molar-refractivity contribution in [2.24, 2.45) is 0 Å². The zero-order chi connectivity index (χ0) is 21.6. The second kappa shape index (κ2) is 9.91. The fraction of sp³-hybridized carbons (Fsp3) is 0.409. The minimum atomic E-state index is -0.401. The number of likely N-dealkylation sites (N-methyl/N-ethyl adjacent to an activating group) is 1. The number of carbonyl (C=O) groups is 3. The molecule has 1 heterocycles. The van der Waals surface area contributed by atoms with Crippen LogP contribution in [0.4, 0.5) is 5.69 Å². The minimum Gasteiger partial charge on any atom is -0.462 e. The number of ether oxygens (including phenoxy) is 1. The molecule has 0 aliphatic rings. The zero-order valence-electron chi connectivity index (χ0n) is 17.7. The lowest BCUT2D eigenvalue weighted by Crippen LogP contribution is -2.37. The summed E-state index contributed by atoms with van der Waals surface area (Å²) in [5, 5.41) is 2.87. The average molecular weight is 399 g/mol. The molecule has 29 heavy (non-hydrogen) atoms. The summed E-state index contributed by atoms with van der Waals surface area (Å²) >= 11 is 0. The second-order valence-corrected chi connectivity index (χ2v) is 6.90. The van der Waals surface area contributed by atoms with E-state index < -0.39 is 5.97 Å². The van der Waals surface area contributed by atoms with Gasteiger partial charge < -0.3 is 19.5 Å². The zero-order valence-corrected chi connectivity index (χ0v) is 17.7. The molecule has 0 aliphatic carbocycles. The Kier molecular flexibility index (Phi) is 7.59. The molecule has 2 rings (SSSR count). The first-order valence-electron chi connectivity index (χ1n) is 9.74. The van der Waals surface area contributed by atoms with Crippen molar-refractivity contribution in [3.63, 3.8) is 0 Å². The molecule has 0 spiro atoms. The number of para-hydroxylation sites is 1. The summed E-state index contributed by atoms with van der Waals surface area (Å²) in [7, 11) is 1.59. The van der Waals surface area contributed by atoms with Gasteiger partial charge in [0.05, 0.1) is 18.7 Å². The Morgan fingerprint density at radius 1 is 1.14 bits per heavy atom. The number of nitrogens with zero attached hydrogens (tertiary/aromatic N) is 2. The third kappa shape index (κ3) is 5.47. The fourth-order valence-corrected chi connectivity index (χ4v) is 3.16. The van der Waals surface area contributed by atoms with E-state index in [1.165, 1.54) is 4.90 Å². The van der Waals surface area contributed by atoms with Crippen molar-refractivity contribution in [3.8, 4) is 0 Å².